The predicted molar refractivity (Wildman–Crippen MR) is 127 cm³/mol. The molecule has 0 saturated heterocycles. The lowest BCUT2D eigenvalue weighted by Crippen LogP contribution is -2.43. The number of halogens is 1. The Labute approximate surface area is 190 Å². The molecule has 1 aromatic carbocycles. The Morgan fingerprint density at radius 1 is 1.17 bits per heavy atom. The van der Waals surface area contributed by atoms with E-state index >= 15 is 0 Å². The minimum absolute atomic E-state index is 0. The van der Waals surface area contributed by atoms with E-state index in [1.807, 2.05) is 43.3 Å². The van der Waals surface area contributed by atoms with Gasteiger partial charge in [-0.3, -0.25) is 4.99 Å². The maximum absolute atomic E-state index is 5.97. The summed E-state index contributed by atoms with van der Waals surface area (Å²) in [6, 6.07) is 11.6. The number of nitrogens with zero attached hydrogens (tertiary/aromatic N) is 2. The van der Waals surface area contributed by atoms with Crippen molar-refractivity contribution in [1.29, 1.82) is 0 Å². The van der Waals surface area contributed by atoms with E-state index in [1.165, 1.54) is 0 Å². The van der Waals surface area contributed by atoms with Crippen LogP contribution in [0, 0.1) is 0 Å². The van der Waals surface area contributed by atoms with Crippen molar-refractivity contribution in [3.63, 3.8) is 0 Å². The first-order valence-electron chi connectivity index (χ1n) is 9.47. The van der Waals surface area contributed by atoms with E-state index in [0.29, 0.717) is 37.3 Å². The summed E-state index contributed by atoms with van der Waals surface area (Å²) in [5.74, 6) is 2.78. The lowest BCUT2D eigenvalue weighted by Gasteiger charge is -2.18. The Balaban J connectivity index is 0.00000420. The summed E-state index contributed by atoms with van der Waals surface area (Å²) >= 11 is 0. The van der Waals surface area contributed by atoms with E-state index in [1.54, 1.807) is 20.4 Å². The summed E-state index contributed by atoms with van der Waals surface area (Å²) in [5.41, 5.74) is 0.927. The molecule has 0 spiro atoms. The second-order valence-electron chi connectivity index (χ2n) is 6.32. The molecular weight excluding hydrogens is 483 g/mol. The molecule has 160 valence electrons. The van der Waals surface area contributed by atoms with E-state index in [-0.39, 0.29) is 30.0 Å². The fourth-order valence-electron chi connectivity index (χ4n) is 2.48. The fraction of sp³-hybridized carbons (Fsp3) is 0.429. The van der Waals surface area contributed by atoms with Crippen LogP contribution in [0.3, 0.4) is 0 Å². The van der Waals surface area contributed by atoms with Crippen molar-refractivity contribution in [1.82, 2.24) is 15.6 Å². The van der Waals surface area contributed by atoms with E-state index in [0.717, 1.165) is 17.7 Å². The molecular formula is C21H31IN4O3. The highest BCUT2D eigenvalue weighted by Gasteiger charge is 2.09. The third-order valence-corrected chi connectivity index (χ3v) is 3.83. The maximum atomic E-state index is 5.97. The summed E-state index contributed by atoms with van der Waals surface area (Å²) < 4.78 is 16.7. The lowest BCUT2D eigenvalue weighted by molar-refractivity contribution is 0.179. The number of hydrogen-bond donors (Lipinski definition) is 2. The molecule has 0 aliphatic carbocycles. The Morgan fingerprint density at radius 3 is 2.55 bits per heavy atom. The molecule has 1 atom stereocenters. The van der Waals surface area contributed by atoms with Crippen LogP contribution in [0.15, 0.2) is 47.6 Å². The molecule has 7 nitrogen and oxygen atoms in total. The van der Waals surface area contributed by atoms with Crippen LogP contribution < -0.4 is 20.1 Å². The standard InChI is InChI=1S/C21H30N4O3.HI/c1-5-13-27-18-8-10-19(11-9-18)28-20-17(7-6-12-23-20)14-24-21(22-3)25-16(2)15-26-4;/h6-12,16H,5,13-15H2,1-4H3,(H2,22,24,25);1H. The van der Waals surface area contributed by atoms with Gasteiger partial charge in [-0.2, -0.15) is 0 Å². The van der Waals surface area contributed by atoms with Crippen molar-refractivity contribution in [3.05, 3.63) is 48.2 Å². The van der Waals surface area contributed by atoms with Crippen molar-refractivity contribution in [2.45, 2.75) is 32.9 Å². The van der Waals surface area contributed by atoms with Crippen molar-refractivity contribution in [3.8, 4) is 17.4 Å². The molecule has 1 heterocycles. The number of hydrogen-bond acceptors (Lipinski definition) is 5. The molecule has 1 aromatic heterocycles. The monoisotopic (exact) mass is 514 g/mol. The summed E-state index contributed by atoms with van der Waals surface area (Å²) in [7, 11) is 3.41. The maximum Gasteiger partial charge on any atom is 0.224 e. The summed E-state index contributed by atoms with van der Waals surface area (Å²) in [5, 5.41) is 6.55. The SMILES string of the molecule is CCCOc1ccc(Oc2ncccc2CNC(=NC)NC(C)COC)cc1.I. The number of methoxy groups -OCH3 is 1. The molecule has 0 aliphatic heterocycles. The van der Waals surface area contributed by atoms with Gasteiger partial charge in [0, 0.05) is 38.5 Å². The summed E-state index contributed by atoms with van der Waals surface area (Å²) in [6.07, 6.45) is 2.69. The minimum atomic E-state index is 0. The number of aromatic nitrogens is 1. The van der Waals surface area contributed by atoms with Gasteiger partial charge in [0.15, 0.2) is 5.96 Å². The number of rotatable bonds is 10. The Morgan fingerprint density at radius 2 is 1.90 bits per heavy atom. The average Bonchev–Trinajstić information content (AvgIpc) is 2.71. The van der Waals surface area contributed by atoms with E-state index in [9.17, 15) is 0 Å². The summed E-state index contributed by atoms with van der Waals surface area (Å²) in [6.45, 7) is 5.94. The van der Waals surface area contributed by atoms with Gasteiger partial charge < -0.3 is 24.8 Å². The first kappa shape index (κ1) is 25.0. The molecule has 2 rings (SSSR count). The molecule has 0 saturated carbocycles. The number of aliphatic imine (C=N–C) groups is 1. The van der Waals surface area contributed by atoms with Crippen molar-refractivity contribution >= 4 is 29.9 Å². The van der Waals surface area contributed by atoms with Gasteiger partial charge in [-0.05, 0) is 43.7 Å². The fourth-order valence-corrected chi connectivity index (χ4v) is 2.48. The molecule has 8 heteroatoms. The van der Waals surface area contributed by atoms with Crippen molar-refractivity contribution < 1.29 is 14.2 Å². The van der Waals surface area contributed by atoms with Crippen LogP contribution in [0.4, 0.5) is 0 Å². The molecule has 29 heavy (non-hydrogen) atoms. The molecule has 2 N–H and O–H groups in total. The van der Waals surface area contributed by atoms with Gasteiger partial charge in [0.25, 0.3) is 0 Å². The van der Waals surface area contributed by atoms with Gasteiger partial charge in [-0.1, -0.05) is 13.0 Å². The number of pyridine rings is 1. The van der Waals surface area contributed by atoms with Gasteiger partial charge in [0.2, 0.25) is 5.88 Å². The second-order valence-corrected chi connectivity index (χ2v) is 6.32. The Hall–Kier alpha value is -2.07. The normalized spacial score (nSPS) is 11.9. The molecule has 0 bridgehead atoms. The van der Waals surface area contributed by atoms with Gasteiger partial charge in [0.05, 0.1) is 13.2 Å². The van der Waals surface area contributed by atoms with Crippen molar-refractivity contribution in [2.24, 2.45) is 4.99 Å². The Bertz CT molecular complexity index is 741. The van der Waals surface area contributed by atoms with Gasteiger partial charge in [-0.15, -0.1) is 24.0 Å². The van der Waals surface area contributed by atoms with E-state index in [4.69, 9.17) is 14.2 Å². The highest BCUT2D eigenvalue weighted by atomic mass is 127. The third-order valence-electron chi connectivity index (χ3n) is 3.83. The van der Waals surface area contributed by atoms with Gasteiger partial charge in [0.1, 0.15) is 11.5 Å². The van der Waals surface area contributed by atoms with Crippen LogP contribution in [0.2, 0.25) is 0 Å². The zero-order chi connectivity index (χ0) is 20.2. The second kappa shape index (κ2) is 14.0. The highest BCUT2D eigenvalue weighted by Crippen LogP contribution is 2.25. The number of benzene rings is 1. The number of guanidine groups is 1. The predicted octanol–water partition coefficient (Wildman–Crippen LogP) is 3.98. The molecule has 1 unspecified atom stereocenters. The summed E-state index contributed by atoms with van der Waals surface area (Å²) in [4.78, 5) is 8.60. The molecule has 0 amide bonds. The first-order chi connectivity index (χ1) is 13.7. The van der Waals surface area contributed by atoms with Gasteiger partial charge >= 0.3 is 0 Å². The third kappa shape index (κ3) is 8.86. The molecule has 2 aromatic rings. The number of ether oxygens (including phenoxy) is 3. The minimum Gasteiger partial charge on any atom is -0.494 e. The quantitative estimate of drug-likeness (QED) is 0.284. The van der Waals surface area contributed by atoms with Crippen LogP contribution in [0.5, 0.6) is 17.4 Å². The van der Waals surface area contributed by atoms with E-state index in [2.05, 4.69) is 27.5 Å². The van der Waals surface area contributed by atoms with Crippen LogP contribution >= 0.6 is 24.0 Å². The molecule has 0 aliphatic rings. The zero-order valence-electron chi connectivity index (χ0n) is 17.5. The van der Waals surface area contributed by atoms with Crippen LogP contribution in [-0.4, -0.2) is 44.4 Å². The van der Waals surface area contributed by atoms with E-state index < -0.39 is 0 Å². The number of nitrogens with one attached hydrogen (secondary N) is 2. The zero-order valence-corrected chi connectivity index (χ0v) is 19.8. The average molecular weight is 514 g/mol. The molecule has 0 radical (unpaired) electrons. The van der Waals surface area contributed by atoms with Crippen molar-refractivity contribution in [2.75, 3.05) is 27.4 Å². The largest absolute Gasteiger partial charge is 0.494 e. The first-order valence-corrected chi connectivity index (χ1v) is 9.47. The van der Waals surface area contributed by atoms with Crippen LogP contribution in [0.25, 0.3) is 0 Å². The lowest BCUT2D eigenvalue weighted by atomic mass is 10.2. The van der Waals surface area contributed by atoms with Gasteiger partial charge in [-0.25, -0.2) is 4.98 Å². The Kier molecular flexibility index (Phi) is 12.1. The van der Waals surface area contributed by atoms with Crippen LogP contribution in [0.1, 0.15) is 25.8 Å². The highest BCUT2D eigenvalue weighted by molar-refractivity contribution is 14.0. The smallest absolute Gasteiger partial charge is 0.224 e. The molecule has 0 fully saturated rings. The van der Waals surface area contributed by atoms with Crippen LogP contribution in [-0.2, 0) is 11.3 Å². The topological polar surface area (TPSA) is 77.0 Å².